The summed E-state index contributed by atoms with van der Waals surface area (Å²) in [5, 5.41) is 13.1. The Morgan fingerprint density at radius 1 is 1.29 bits per heavy atom. The average molecular weight is 291 g/mol. The second-order valence-corrected chi connectivity index (χ2v) is 6.20. The highest BCUT2D eigenvalue weighted by Crippen LogP contribution is 2.32. The van der Waals surface area contributed by atoms with Crippen molar-refractivity contribution in [1.29, 1.82) is 0 Å². The summed E-state index contributed by atoms with van der Waals surface area (Å²) in [4.78, 5) is 11.9. The van der Waals surface area contributed by atoms with Gasteiger partial charge in [0.25, 0.3) is 0 Å². The molecule has 21 heavy (non-hydrogen) atoms. The standard InChI is InChI=1S/C17H25NO3/c1-13(2)21-15-7-5-14(6-8-15)12-18-16(19)11-17(20)9-3-4-10-17/h5-8,13,20H,3-4,9-12H2,1-2H3,(H,18,19). The van der Waals surface area contributed by atoms with Gasteiger partial charge in [-0.15, -0.1) is 0 Å². The third kappa shape index (κ3) is 5.05. The molecule has 2 rings (SSSR count). The van der Waals surface area contributed by atoms with Crippen LogP contribution in [0.1, 0.15) is 51.5 Å². The number of nitrogens with one attached hydrogen (secondary N) is 1. The zero-order valence-corrected chi connectivity index (χ0v) is 12.9. The Bertz CT molecular complexity index is 461. The monoisotopic (exact) mass is 291 g/mol. The molecule has 4 heteroatoms. The average Bonchev–Trinajstić information content (AvgIpc) is 2.84. The van der Waals surface area contributed by atoms with Crippen molar-refractivity contribution in [1.82, 2.24) is 5.32 Å². The molecule has 2 N–H and O–H groups in total. The van der Waals surface area contributed by atoms with E-state index in [1.54, 1.807) is 0 Å². The first-order chi connectivity index (χ1) is 9.97. The molecule has 0 saturated heterocycles. The van der Waals surface area contributed by atoms with E-state index in [1.165, 1.54) is 0 Å². The number of aliphatic hydroxyl groups is 1. The highest BCUT2D eigenvalue weighted by atomic mass is 16.5. The fourth-order valence-corrected chi connectivity index (χ4v) is 2.73. The lowest BCUT2D eigenvalue weighted by atomic mass is 9.97. The summed E-state index contributed by atoms with van der Waals surface area (Å²) in [6, 6.07) is 7.71. The van der Waals surface area contributed by atoms with Gasteiger partial charge in [0.1, 0.15) is 5.75 Å². The van der Waals surface area contributed by atoms with Crippen LogP contribution in [0.2, 0.25) is 0 Å². The lowest BCUT2D eigenvalue weighted by Gasteiger charge is -2.21. The second kappa shape index (κ2) is 6.94. The molecule has 1 aliphatic rings. The number of hydrogen-bond donors (Lipinski definition) is 2. The Balaban J connectivity index is 1.78. The van der Waals surface area contributed by atoms with Crippen LogP contribution in [0.15, 0.2) is 24.3 Å². The molecule has 0 atom stereocenters. The van der Waals surface area contributed by atoms with E-state index in [9.17, 15) is 9.90 Å². The molecule has 0 radical (unpaired) electrons. The zero-order chi connectivity index (χ0) is 15.3. The molecule has 1 aromatic rings. The van der Waals surface area contributed by atoms with Crippen molar-refractivity contribution >= 4 is 5.91 Å². The number of hydrogen-bond acceptors (Lipinski definition) is 3. The predicted octanol–water partition coefficient (Wildman–Crippen LogP) is 2.79. The van der Waals surface area contributed by atoms with Crippen LogP contribution in [0.25, 0.3) is 0 Å². The number of benzene rings is 1. The summed E-state index contributed by atoms with van der Waals surface area (Å²) in [5.41, 5.74) is 0.247. The summed E-state index contributed by atoms with van der Waals surface area (Å²) in [7, 11) is 0. The van der Waals surface area contributed by atoms with Gasteiger partial charge in [0.05, 0.1) is 18.1 Å². The van der Waals surface area contributed by atoms with Crippen LogP contribution >= 0.6 is 0 Å². The molecule has 1 fully saturated rings. The quantitative estimate of drug-likeness (QED) is 0.847. The minimum absolute atomic E-state index is 0.0816. The number of ether oxygens (including phenoxy) is 1. The highest BCUT2D eigenvalue weighted by Gasteiger charge is 2.33. The van der Waals surface area contributed by atoms with E-state index in [4.69, 9.17) is 4.74 Å². The van der Waals surface area contributed by atoms with Gasteiger partial charge < -0.3 is 15.2 Å². The topological polar surface area (TPSA) is 58.6 Å². The van der Waals surface area contributed by atoms with E-state index < -0.39 is 5.60 Å². The lowest BCUT2D eigenvalue weighted by Crippen LogP contribution is -2.34. The Morgan fingerprint density at radius 2 is 1.90 bits per heavy atom. The molecule has 116 valence electrons. The fourth-order valence-electron chi connectivity index (χ4n) is 2.73. The number of carbonyl (C=O) groups is 1. The first-order valence-corrected chi connectivity index (χ1v) is 7.71. The van der Waals surface area contributed by atoms with E-state index in [-0.39, 0.29) is 18.4 Å². The van der Waals surface area contributed by atoms with Crippen molar-refractivity contribution in [2.75, 3.05) is 0 Å². The number of rotatable bonds is 6. The minimum atomic E-state index is -0.779. The second-order valence-electron chi connectivity index (χ2n) is 6.20. The van der Waals surface area contributed by atoms with Crippen LogP contribution in [0.5, 0.6) is 5.75 Å². The third-order valence-electron chi connectivity index (χ3n) is 3.81. The molecule has 1 aliphatic carbocycles. The van der Waals surface area contributed by atoms with Crippen molar-refractivity contribution < 1.29 is 14.6 Å². The van der Waals surface area contributed by atoms with Gasteiger partial charge in [-0.3, -0.25) is 4.79 Å². The molecule has 0 spiro atoms. The molecule has 4 nitrogen and oxygen atoms in total. The van der Waals surface area contributed by atoms with Crippen molar-refractivity contribution in [3.05, 3.63) is 29.8 Å². The van der Waals surface area contributed by atoms with E-state index in [1.807, 2.05) is 38.1 Å². The van der Waals surface area contributed by atoms with Gasteiger partial charge >= 0.3 is 0 Å². The van der Waals surface area contributed by atoms with Gasteiger partial charge in [0.2, 0.25) is 5.91 Å². The maximum absolute atomic E-state index is 11.9. The lowest BCUT2D eigenvalue weighted by molar-refractivity contribution is -0.126. The van der Waals surface area contributed by atoms with Gasteiger partial charge in [-0.25, -0.2) is 0 Å². The Kier molecular flexibility index (Phi) is 5.23. The molecule has 1 saturated carbocycles. The summed E-state index contributed by atoms with van der Waals surface area (Å²) >= 11 is 0. The van der Waals surface area contributed by atoms with Crippen molar-refractivity contribution in [2.24, 2.45) is 0 Å². The van der Waals surface area contributed by atoms with Crippen LogP contribution in [0.4, 0.5) is 0 Å². The van der Waals surface area contributed by atoms with Crippen molar-refractivity contribution in [2.45, 2.75) is 64.2 Å². The van der Waals surface area contributed by atoms with E-state index in [0.717, 1.165) is 37.0 Å². The molecule has 0 unspecified atom stereocenters. The first kappa shape index (κ1) is 15.8. The normalized spacial score (nSPS) is 17.0. The van der Waals surface area contributed by atoms with Gasteiger partial charge in [-0.1, -0.05) is 25.0 Å². The third-order valence-corrected chi connectivity index (χ3v) is 3.81. The smallest absolute Gasteiger partial charge is 0.223 e. The maximum atomic E-state index is 11.9. The van der Waals surface area contributed by atoms with Gasteiger partial charge in [0.15, 0.2) is 0 Å². The molecular formula is C17H25NO3. The van der Waals surface area contributed by atoms with E-state index in [0.29, 0.717) is 6.54 Å². The first-order valence-electron chi connectivity index (χ1n) is 7.71. The zero-order valence-electron chi connectivity index (χ0n) is 12.9. The highest BCUT2D eigenvalue weighted by molar-refractivity contribution is 5.77. The molecule has 1 aromatic carbocycles. The Hall–Kier alpha value is -1.55. The SMILES string of the molecule is CC(C)Oc1ccc(CNC(=O)CC2(O)CCCC2)cc1. The molecule has 1 amide bonds. The maximum Gasteiger partial charge on any atom is 0.223 e. The van der Waals surface area contributed by atoms with Crippen LogP contribution in [0.3, 0.4) is 0 Å². The van der Waals surface area contributed by atoms with Crippen molar-refractivity contribution in [3.63, 3.8) is 0 Å². The summed E-state index contributed by atoms with van der Waals surface area (Å²) in [5.74, 6) is 0.752. The van der Waals surface area contributed by atoms with E-state index in [2.05, 4.69) is 5.32 Å². The molecular weight excluding hydrogens is 266 g/mol. The predicted molar refractivity (Wildman–Crippen MR) is 82.1 cm³/mol. The molecule has 0 aromatic heterocycles. The van der Waals surface area contributed by atoms with Crippen molar-refractivity contribution in [3.8, 4) is 5.75 Å². The van der Waals surface area contributed by atoms with Crippen LogP contribution in [-0.4, -0.2) is 22.7 Å². The Labute approximate surface area is 126 Å². The van der Waals surface area contributed by atoms with Gasteiger partial charge in [-0.05, 0) is 44.4 Å². The minimum Gasteiger partial charge on any atom is -0.491 e. The van der Waals surface area contributed by atoms with Gasteiger partial charge in [0, 0.05) is 6.54 Å². The largest absolute Gasteiger partial charge is 0.491 e. The van der Waals surface area contributed by atoms with Crippen LogP contribution in [-0.2, 0) is 11.3 Å². The van der Waals surface area contributed by atoms with Gasteiger partial charge in [-0.2, -0.15) is 0 Å². The van der Waals surface area contributed by atoms with Crippen LogP contribution < -0.4 is 10.1 Å². The summed E-state index contributed by atoms with van der Waals surface area (Å²) < 4.78 is 5.58. The summed E-state index contributed by atoms with van der Waals surface area (Å²) in [6.45, 7) is 4.46. The van der Waals surface area contributed by atoms with E-state index >= 15 is 0 Å². The van der Waals surface area contributed by atoms with Crippen LogP contribution in [0, 0.1) is 0 Å². The molecule has 0 bridgehead atoms. The number of amides is 1. The number of carbonyl (C=O) groups excluding carboxylic acids is 1. The Morgan fingerprint density at radius 3 is 2.48 bits per heavy atom. The molecule has 0 aliphatic heterocycles. The fraction of sp³-hybridized carbons (Fsp3) is 0.588. The molecule has 0 heterocycles. The summed E-state index contributed by atoms with van der Waals surface area (Å²) in [6.07, 6.45) is 3.87.